The molecule has 0 atom stereocenters. The Morgan fingerprint density at radius 2 is 2.08 bits per heavy atom. The molecule has 0 radical (unpaired) electrons. The Morgan fingerprint density at radius 3 is 2.75 bits per heavy atom. The lowest BCUT2D eigenvalue weighted by Gasteiger charge is -2.00. The molecule has 1 aromatic rings. The van der Waals surface area contributed by atoms with E-state index in [1.54, 1.807) is 7.11 Å². The third-order valence-electron chi connectivity index (χ3n) is 1.39. The Kier molecular flexibility index (Phi) is 3.56. The summed E-state index contributed by atoms with van der Waals surface area (Å²) in [6, 6.07) is 7.74. The van der Waals surface area contributed by atoms with E-state index in [0.717, 1.165) is 11.3 Å². The highest BCUT2D eigenvalue weighted by Gasteiger charge is 1.95. The lowest BCUT2D eigenvalue weighted by Crippen LogP contribution is -1.85. The van der Waals surface area contributed by atoms with Crippen LogP contribution in [0.4, 0.5) is 0 Å². The number of ether oxygens (including phenoxy) is 1. The molecule has 1 aromatic carbocycles. The monoisotopic (exact) mass is 178 g/mol. The first-order valence-electron chi connectivity index (χ1n) is 3.55. The van der Waals surface area contributed by atoms with Crippen LogP contribution < -0.4 is 4.74 Å². The Bertz CT molecular complexity index is 309. The Balaban J connectivity index is 2.97. The van der Waals surface area contributed by atoms with Gasteiger partial charge in [0.25, 0.3) is 0 Å². The van der Waals surface area contributed by atoms with E-state index in [9.17, 15) is 0 Å². The van der Waals surface area contributed by atoms with Crippen LogP contribution in [0.1, 0.15) is 5.56 Å². The fourth-order valence-corrected chi connectivity index (χ4v) is 1.07. The van der Waals surface area contributed by atoms with Crippen LogP contribution in [0.5, 0.6) is 5.75 Å². The maximum Gasteiger partial charge on any atom is 0.134 e. The number of hydrogen-bond acceptors (Lipinski definition) is 2. The Hall–Kier alpha value is -1.07. The van der Waals surface area contributed by atoms with Gasteiger partial charge in [0, 0.05) is 0 Å². The third kappa shape index (κ3) is 2.21. The lowest BCUT2D eigenvalue weighted by molar-refractivity contribution is 0.413. The molecule has 0 N–H and O–H groups in total. The maximum absolute atomic E-state index is 5.13. The predicted octanol–water partition coefficient (Wildman–Crippen LogP) is 2.37. The smallest absolute Gasteiger partial charge is 0.134 e. The molecular formula is C10H10OS. The quantitative estimate of drug-likeness (QED) is 0.610. The van der Waals surface area contributed by atoms with E-state index < -0.39 is 0 Å². The first-order valence-corrected chi connectivity index (χ1v) is 4.78. The topological polar surface area (TPSA) is 9.23 Å². The number of benzene rings is 1. The van der Waals surface area contributed by atoms with Crippen LogP contribution in [-0.2, 0) is 0 Å². The van der Waals surface area contributed by atoms with E-state index in [1.807, 2.05) is 30.5 Å². The normalized spacial score (nSPS) is 8.50. The second kappa shape index (κ2) is 4.74. The van der Waals surface area contributed by atoms with E-state index in [2.05, 4.69) is 11.2 Å². The van der Waals surface area contributed by atoms with Crippen molar-refractivity contribution >= 4 is 11.8 Å². The molecule has 0 saturated heterocycles. The molecule has 2 heteroatoms. The Labute approximate surface area is 77.1 Å². The van der Waals surface area contributed by atoms with Gasteiger partial charge in [0.05, 0.1) is 12.7 Å². The van der Waals surface area contributed by atoms with E-state index in [1.165, 1.54) is 11.8 Å². The molecule has 0 aliphatic carbocycles. The lowest BCUT2D eigenvalue weighted by atomic mass is 10.2. The molecule has 0 aliphatic rings. The molecule has 0 aliphatic heterocycles. The van der Waals surface area contributed by atoms with Crippen molar-refractivity contribution in [3.8, 4) is 16.9 Å². The van der Waals surface area contributed by atoms with Gasteiger partial charge in [-0.25, -0.2) is 0 Å². The molecule has 1 nitrogen and oxygen atoms in total. The molecule has 62 valence electrons. The maximum atomic E-state index is 5.13. The highest BCUT2D eigenvalue weighted by Crippen LogP contribution is 2.15. The van der Waals surface area contributed by atoms with Crippen molar-refractivity contribution in [3.05, 3.63) is 29.8 Å². The Morgan fingerprint density at radius 1 is 1.33 bits per heavy atom. The van der Waals surface area contributed by atoms with Crippen LogP contribution in [-0.4, -0.2) is 13.4 Å². The van der Waals surface area contributed by atoms with Gasteiger partial charge in [-0.15, -0.1) is 0 Å². The highest BCUT2D eigenvalue weighted by atomic mass is 32.2. The van der Waals surface area contributed by atoms with Crippen molar-refractivity contribution in [3.63, 3.8) is 0 Å². The van der Waals surface area contributed by atoms with E-state index in [4.69, 9.17) is 4.74 Å². The third-order valence-corrected chi connectivity index (χ3v) is 1.70. The zero-order chi connectivity index (χ0) is 8.81. The summed E-state index contributed by atoms with van der Waals surface area (Å²) >= 11 is 1.50. The van der Waals surface area contributed by atoms with Crippen LogP contribution >= 0.6 is 11.8 Å². The van der Waals surface area contributed by atoms with Crippen LogP contribution in [0.25, 0.3) is 0 Å². The standard InChI is InChI=1S/C10H10OS/c1-11-10-6-4-3-5-9(10)7-8-12-2/h3-6H,1-2H3. The van der Waals surface area contributed by atoms with Gasteiger partial charge in [-0.2, -0.15) is 0 Å². The van der Waals surface area contributed by atoms with Gasteiger partial charge >= 0.3 is 0 Å². The summed E-state index contributed by atoms with van der Waals surface area (Å²) in [5.74, 6) is 3.83. The molecule has 0 unspecified atom stereocenters. The average Bonchev–Trinajstić information content (AvgIpc) is 2.15. The number of hydrogen-bond donors (Lipinski definition) is 0. The molecule has 0 amide bonds. The van der Waals surface area contributed by atoms with Crippen molar-refractivity contribution in [2.45, 2.75) is 0 Å². The van der Waals surface area contributed by atoms with Gasteiger partial charge in [-0.1, -0.05) is 29.8 Å². The van der Waals surface area contributed by atoms with Gasteiger partial charge in [0.1, 0.15) is 5.75 Å². The van der Waals surface area contributed by atoms with Gasteiger partial charge in [0.15, 0.2) is 0 Å². The fraction of sp³-hybridized carbons (Fsp3) is 0.200. The van der Waals surface area contributed by atoms with E-state index in [-0.39, 0.29) is 0 Å². The van der Waals surface area contributed by atoms with Crippen LogP contribution in [0, 0.1) is 11.2 Å². The minimum absolute atomic E-state index is 0.832. The van der Waals surface area contributed by atoms with Crippen molar-refractivity contribution in [1.82, 2.24) is 0 Å². The average molecular weight is 178 g/mol. The number of rotatable bonds is 1. The first kappa shape index (κ1) is 9.02. The molecule has 1 rings (SSSR count). The summed E-state index contributed by atoms with van der Waals surface area (Å²) in [5, 5.41) is 2.93. The molecule has 12 heavy (non-hydrogen) atoms. The minimum Gasteiger partial charge on any atom is -0.495 e. The molecule has 0 heterocycles. The first-order chi connectivity index (χ1) is 5.88. The summed E-state index contributed by atoms with van der Waals surface area (Å²) in [7, 11) is 1.65. The number of thioether (sulfide) groups is 1. The van der Waals surface area contributed by atoms with Crippen LogP contribution in [0.15, 0.2) is 24.3 Å². The molecule has 0 bridgehead atoms. The van der Waals surface area contributed by atoms with Gasteiger partial charge < -0.3 is 4.74 Å². The zero-order valence-corrected chi connectivity index (χ0v) is 7.94. The van der Waals surface area contributed by atoms with Gasteiger partial charge in [-0.3, -0.25) is 0 Å². The van der Waals surface area contributed by atoms with Crippen molar-refractivity contribution < 1.29 is 4.74 Å². The minimum atomic E-state index is 0.832. The summed E-state index contributed by atoms with van der Waals surface area (Å²) in [6.45, 7) is 0. The van der Waals surface area contributed by atoms with Gasteiger partial charge in [-0.05, 0) is 23.6 Å². The SMILES string of the molecule is COc1ccccc1C#CSC. The zero-order valence-electron chi connectivity index (χ0n) is 7.13. The molecule has 0 saturated carbocycles. The molecule has 0 aromatic heterocycles. The summed E-state index contributed by atoms with van der Waals surface area (Å²) in [6.07, 6.45) is 1.95. The summed E-state index contributed by atoms with van der Waals surface area (Å²) in [4.78, 5) is 0. The highest BCUT2D eigenvalue weighted by molar-refractivity contribution is 8.03. The summed E-state index contributed by atoms with van der Waals surface area (Å²) in [5.41, 5.74) is 0.939. The molecule has 0 fully saturated rings. The van der Waals surface area contributed by atoms with Crippen molar-refractivity contribution in [2.24, 2.45) is 0 Å². The molecule has 0 spiro atoms. The molecular weight excluding hydrogens is 168 g/mol. The fourth-order valence-electron chi connectivity index (χ4n) is 0.854. The van der Waals surface area contributed by atoms with Crippen LogP contribution in [0.2, 0.25) is 0 Å². The second-order valence-electron chi connectivity index (χ2n) is 2.13. The van der Waals surface area contributed by atoms with Crippen LogP contribution in [0.3, 0.4) is 0 Å². The van der Waals surface area contributed by atoms with Gasteiger partial charge in [0.2, 0.25) is 0 Å². The van der Waals surface area contributed by atoms with E-state index in [0.29, 0.717) is 0 Å². The summed E-state index contributed by atoms with van der Waals surface area (Å²) < 4.78 is 5.13. The largest absolute Gasteiger partial charge is 0.495 e. The number of methoxy groups -OCH3 is 1. The number of para-hydroxylation sites is 1. The predicted molar refractivity (Wildman–Crippen MR) is 53.4 cm³/mol. The van der Waals surface area contributed by atoms with E-state index >= 15 is 0 Å². The second-order valence-corrected chi connectivity index (χ2v) is 2.74. The van der Waals surface area contributed by atoms with Crippen molar-refractivity contribution in [2.75, 3.05) is 13.4 Å². The van der Waals surface area contributed by atoms with Crippen molar-refractivity contribution in [1.29, 1.82) is 0 Å².